The van der Waals surface area contributed by atoms with Crippen LogP contribution in [-0.4, -0.2) is 40.9 Å². The number of rotatable bonds is 6. The van der Waals surface area contributed by atoms with Crippen LogP contribution in [0.15, 0.2) is 72.4 Å². The topological polar surface area (TPSA) is 89.0 Å². The summed E-state index contributed by atoms with van der Waals surface area (Å²) >= 11 is 0. The van der Waals surface area contributed by atoms with E-state index in [-0.39, 0.29) is 17.9 Å². The van der Waals surface area contributed by atoms with Gasteiger partial charge in [0.2, 0.25) is 0 Å². The number of amides is 1. The summed E-state index contributed by atoms with van der Waals surface area (Å²) in [6.07, 6.45) is 1.60. The van der Waals surface area contributed by atoms with Crippen LogP contribution < -0.4 is 9.47 Å². The first-order valence-electron chi connectivity index (χ1n) is 10.4. The number of hydrogen-bond donors (Lipinski definition) is 1. The van der Waals surface area contributed by atoms with E-state index in [1.807, 2.05) is 18.2 Å². The van der Waals surface area contributed by atoms with E-state index < -0.39 is 17.7 Å². The number of hydrogen-bond acceptors (Lipinski definition) is 6. The molecule has 0 radical (unpaired) electrons. The average molecular weight is 444 g/mol. The zero-order valence-electron chi connectivity index (χ0n) is 18.6. The van der Waals surface area contributed by atoms with Crippen LogP contribution in [0.1, 0.15) is 28.4 Å². The molecule has 0 saturated carbocycles. The summed E-state index contributed by atoms with van der Waals surface area (Å²) < 4.78 is 10.5. The fraction of sp³-hybridized carbons (Fsp3) is 0.192. The minimum Gasteiger partial charge on any atom is -0.507 e. The van der Waals surface area contributed by atoms with Crippen LogP contribution in [-0.2, 0) is 16.1 Å². The highest BCUT2D eigenvalue weighted by atomic mass is 16.5. The van der Waals surface area contributed by atoms with E-state index >= 15 is 0 Å². The van der Waals surface area contributed by atoms with E-state index in [4.69, 9.17) is 9.47 Å². The zero-order chi connectivity index (χ0) is 23.5. The third-order valence-electron chi connectivity index (χ3n) is 5.68. The molecule has 1 atom stereocenters. The summed E-state index contributed by atoms with van der Waals surface area (Å²) in [4.78, 5) is 32.1. The van der Waals surface area contributed by atoms with Crippen molar-refractivity contribution in [2.75, 3.05) is 14.2 Å². The predicted molar refractivity (Wildman–Crippen MR) is 123 cm³/mol. The number of carbonyl (C=O) groups excluding carboxylic acids is 2. The van der Waals surface area contributed by atoms with E-state index in [0.29, 0.717) is 28.3 Å². The molecule has 33 heavy (non-hydrogen) atoms. The van der Waals surface area contributed by atoms with E-state index in [1.165, 1.54) is 4.90 Å². The molecule has 0 aliphatic carbocycles. The van der Waals surface area contributed by atoms with Gasteiger partial charge in [-0.3, -0.25) is 14.6 Å². The minimum absolute atomic E-state index is 0.00913. The van der Waals surface area contributed by atoms with Crippen molar-refractivity contribution in [3.05, 3.63) is 94.8 Å². The van der Waals surface area contributed by atoms with Gasteiger partial charge in [0.05, 0.1) is 25.5 Å². The first kappa shape index (κ1) is 22.1. The molecule has 0 spiro atoms. The first-order chi connectivity index (χ1) is 15.9. The number of methoxy groups -OCH3 is 2. The third-order valence-corrected chi connectivity index (χ3v) is 5.68. The molecule has 1 aromatic heterocycles. The second kappa shape index (κ2) is 9.16. The first-order valence-corrected chi connectivity index (χ1v) is 10.4. The van der Waals surface area contributed by atoms with Gasteiger partial charge in [0.1, 0.15) is 23.3 Å². The summed E-state index contributed by atoms with van der Waals surface area (Å²) in [5, 5.41) is 11.2. The van der Waals surface area contributed by atoms with Crippen molar-refractivity contribution < 1.29 is 24.2 Å². The molecule has 2 aromatic carbocycles. The Bertz CT molecular complexity index is 1240. The van der Waals surface area contributed by atoms with Gasteiger partial charge in [-0.15, -0.1) is 0 Å². The van der Waals surface area contributed by atoms with Crippen LogP contribution in [0.5, 0.6) is 11.5 Å². The Balaban J connectivity index is 1.85. The van der Waals surface area contributed by atoms with Crippen molar-refractivity contribution in [3.63, 3.8) is 0 Å². The van der Waals surface area contributed by atoms with Crippen molar-refractivity contribution in [1.29, 1.82) is 0 Å². The highest BCUT2D eigenvalue weighted by Crippen LogP contribution is 2.40. The van der Waals surface area contributed by atoms with Crippen molar-refractivity contribution in [2.24, 2.45) is 0 Å². The summed E-state index contributed by atoms with van der Waals surface area (Å²) in [6, 6.07) is 16.9. The molecule has 0 bridgehead atoms. The molecule has 1 unspecified atom stereocenters. The Hall–Kier alpha value is -4.13. The fourth-order valence-corrected chi connectivity index (χ4v) is 4.03. The van der Waals surface area contributed by atoms with Gasteiger partial charge in [-0.1, -0.05) is 18.2 Å². The van der Waals surface area contributed by atoms with Gasteiger partial charge in [0.25, 0.3) is 11.7 Å². The maximum absolute atomic E-state index is 13.2. The van der Waals surface area contributed by atoms with Gasteiger partial charge < -0.3 is 19.5 Å². The molecule has 1 aliphatic rings. The molecule has 1 aliphatic heterocycles. The number of ether oxygens (including phenoxy) is 2. The van der Waals surface area contributed by atoms with Crippen molar-refractivity contribution in [1.82, 2.24) is 9.88 Å². The molecule has 7 nitrogen and oxygen atoms in total. The molecule has 2 heterocycles. The SMILES string of the molecule is COc1cccc(CN2C(=O)C(=O)/C(=C(\O)c3ccc(OC)cc3C)C2c2ccccn2)c1. The smallest absolute Gasteiger partial charge is 0.296 e. The number of aromatic nitrogens is 1. The maximum atomic E-state index is 13.2. The lowest BCUT2D eigenvalue weighted by molar-refractivity contribution is -0.140. The number of nitrogens with zero attached hydrogens (tertiary/aromatic N) is 2. The molecule has 3 aromatic rings. The second-order valence-corrected chi connectivity index (χ2v) is 7.71. The highest BCUT2D eigenvalue weighted by molar-refractivity contribution is 6.46. The van der Waals surface area contributed by atoms with Gasteiger partial charge in [-0.2, -0.15) is 0 Å². The standard InChI is InChI=1S/C26H24N2O5/c1-16-13-19(33-3)10-11-20(16)24(29)22-23(21-9-4-5-12-27-21)28(26(31)25(22)30)15-17-7-6-8-18(14-17)32-2/h4-14,23,29H,15H2,1-3H3/b24-22-. The molecule has 1 N–H and O–H groups in total. The Morgan fingerprint density at radius 2 is 1.76 bits per heavy atom. The van der Waals surface area contributed by atoms with Crippen molar-refractivity contribution in [3.8, 4) is 11.5 Å². The van der Waals surface area contributed by atoms with Gasteiger partial charge in [0, 0.05) is 18.3 Å². The summed E-state index contributed by atoms with van der Waals surface area (Å²) in [6.45, 7) is 1.96. The normalized spacial score (nSPS) is 17.3. The van der Waals surface area contributed by atoms with E-state index in [2.05, 4.69) is 4.98 Å². The lowest BCUT2D eigenvalue weighted by atomic mass is 9.96. The van der Waals surface area contributed by atoms with Crippen LogP contribution in [0.2, 0.25) is 0 Å². The summed E-state index contributed by atoms with van der Waals surface area (Å²) in [5.74, 6) is -0.407. The number of aryl methyl sites for hydroxylation is 1. The van der Waals surface area contributed by atoms with Gasteiger partial charge in [-0.05, 0) is 60.5 Å². The van der Waals surface area contributed by atoms with Crippen LogP contribution in [0.25, 0.3) is 5.76 Å². The largest absolute Gasteiger partial charge is 0.507 e. The van der Waals surface area contributed by atoms with E-state index in [1.54, 1.807) is 69.8 Å². The summed E-state index contributed by atoms with van der Waals surface area (Å²) in [5.41, 5.74) is 2.46. The second-order valence-electron chi connectivity index (χ2n) is 7.71. The van der Waals surface area contributed by atoms with Crippen molar-refractivity contribution >= 4 is 17.4 Å². The highest BCUT2D eigenvalue weighted by Gasteiger charge is 2.46. The molecular weight excluding hydrogens is 420 g/mol. The minimum atomic E-state index is -0.834. The number of Topliss-reactive ketones (excluding diaryl/α,β-unsaturated/α-hetero) is 1. The van der Waals surface area contributed by atoms with E-state index in [0.717, 1.165) is 5.56 Å². The van der Waals surface area contributed by atoms with Crippen LogP contribution in [0, 0.1) is 6.92 Å². The third kappa shape index (κ3) is 4.17. The molecule has 1 saturated heterocycles. The predicted octanol–water partition coefficient (Wildman–Crippen LogP) is 4.03. The molecule has 168 valence electrons. The summed E-state index contributed by atoms with van der Waals surface area (Å²) in [7, 11) is 3.12. The van der Waals surface area contributed by atoms with Crippen LogP contribution in [0.3, 0.4) is 0 Å². The Morgan fingerprint density at radius 3 is 2.42 bits per heavy atom. The van der Waals surface area contributed by atoms with Crippen molar-refractivity contribution in [2.45, 2.75) is 19.5 Å². The monoisotopic (exact) mass is 444 g/mol. The lowest BCUT2D eigenvalue weighted by Gasteiger charge is -2.25. The molecule has 4 rings (SSSR count). The number of benzene rings is 2. The van der Waals surface area contributed by atoms with Crippen LogP contribution >= 0.6 is 0 Å². The lowest BCUT2D eigenvalue weighted by Crippen LogP contribution is -2.29. The molecular formula is C26H24N2O5. The number of ketones is 1. The Kier molecular flexibility index (Phi) is 6.13. The number of aliphatic hydroxyl groups is 1. The number of pyridine rings is 1. The molecule has 1 fully saturated rings. The zero-order valence-corrected chi connectivity index (χ0v) is 18.6. The fourth-order valence-electron chi connectivity index (χ4n) is 4.03. The maximum Gasteiger partial charge on any atom is 0.296 e. The van der Waals surface area contributed by atoms with Gasteiger partial charge >= 0.3 is 0 Å². The Labute approximate surface area is 191 Å². The van der Waals surface area contributed by atoms with Crippen LogP contribution in [0.4, 0.5) is 0 Å². The number of aliphatic hydroxyl groups excluding tert-OH is 1. The number of carbonyl (C=O) groups is 2. The van der Waals surface area contributed by atoms with E-state index in [9.17, 15) is 14.7 Å². The number of likely N-dealkylation sites (tertiary alicyclic amines) is 1. The van der Waals surface area contributed by atoms with Gasteiger partial charge in [0.15, 0.2) is 0 Å². The molecule has 1 amide bonds. The quantitative estimate of drug-likeness (QED) is 0.351. The average Bonchev–Trinajstić information content (AvgIpc) is 3.09. The Morgan fingerprint density at radius 1 is 1.00 bits per heavy atom. The van der Waals surface area contributed by atoms with Gasteiger partial charge in [-0.25, -0.2) is 0 Å². The molecule has 7 heteroatoms.